The lowest BCUT2D eigenvalue weighted by molar-refractivity contribution is 0.413. The molecule has 1 aliphatic carbocycles. The Kier molecular flexibility index (Phi) is 5.65. The second kappa shape index (κ2) is 7.27. The van der Waals surface area contributed by atoms with Crippen LogP contribution in [0.4, 0.5) is 5.69 Å². The number of hydrogen-bond donors (Lipinski definition) is 1. The predicted octanol–water partition coefficient (Wildman–Crippen LogP) is 2.58. The standard InChI is InChI=1S/C16H26N2O2S/c1-21(19,20)16-10-8-15(9-11-16)18(13-5-12-17)14-6-3-2-4-7-14/h8-11,14H,2-7,12-13,17H2,1H3. The minimum absolute atomic E-state index is 0.383. The maximum atomic E-state index is 11.6. The third kappa shape index (κ3) is 4.45. The molecule has 0 aliphatic heterocycles. The number of sulfone groups is 1. The van der Waals surface area contributed by atoms with Crippen molar-refractivity contribution in [3.8, 4) is 0 Å². The lowest BCUT2D eigenvalue weighted by atomic mass is 9.93. The van der Waals surface area contributed by atoms with Gasteiger partial charge >= 0.3 is 0 Å². The van der Waals surface area contributed by atoms with E-state index in [9.17, 15) is 8.42 Å². The van der Waals surface area contributed by atoms with E-state index in [4.69, 9.17) is 5.73 Å². The van der Waals surface area contributed by atoms with Gasteiger partial charge in [-0.2, -0.15) is 0 Å². The largest absolute Gasteiger partial charge is 0.369 e. The summed E-state index contributed by atoms with van der Waals surface area (Å²) in [7, 11) is -3.13. The van der Waals surface area contributed by atoms with Crippen molar-refractivity contribution in [3.63, 3.8) is 0 Å². The predicted molar refractivity (Wildman–Crippen MR) is 87.4 cm³/mol. The third-order valence-corrected chi connectivity index (χ3v) is 5.34. The smallest absolute Gasteiger partial charge is 0.175 e. The van der Waals surface area contributed by atoms with Gasteiger partial charge in [0.2, 0.25) is 0 Å². The van der Waals surface area contributed by atoms with Crippen LogP contribution in [0.1, 0.15) is 38.5 Å². The highest BCUT2D eigenvalue weighted by atomic mass is 32.2. The van der Waals surface area contributed by atoms with Crippen LogP contribution in [0.5, 0.6) is 0 Å². The molecule has 2 rings (SSSR count). The van der Waals surface area contributed by atoms with Crippen molar-refractivity contribution in [1.29, 1.82) is 0 Å². The van der Waals surface area contributed by atoms with E-state index >= 15 is 0 Å². The van der Waals surface area contributed by atoms with Gasteiger partial charge in [0.15, 0.2) is 9.84 Å². The van der Waals surface area contributed by atoms with Crippen LogP contribution in [0, 0.1) is 0 Å². The van der Waals surface area contributed by atoms with Gasteiger partial charge in [-0.05, 0) is 50.1 Å². The van der Waals surface area contributed by atoms with Crippen LogP contribution in [-0.4, -0.2) is 33.8 Å². The summed E-state index contributed by atoms with van der Waals surface area (Å²) in [5.41, 5.74) is 6.77. The van der Waals surface area contributed by atoms with Crippen LogP contribution in [0.3, 0.4) is 0 Å². The van der Waals surface area contributed by atoms with E-state index in [1.165, 1.54) is 38.4 Å². The number of anilines is 1. The fourth-order valence-electron chi connectivity index (χ4n) is 3.06. The summed E-state index contributed by atoms with van der Waals surface area (Å²) in [6.45, 7) is 1.63. The van der Waals surface area contributed by atoms with Crippen molar-refractivity contribution in [2.75, 3.05) is 24.2 Å². The molecule has 2 N–H and O–H groups in total. The molecule has 1 aromatic rings. The first-order valence-electron chi connectivity index (χ1n) is 7.79. The summed E-state index contributed by atoms with van der Waals surface area (Å²) in [5, 5.41) is 0. The maximum Gasteiger partial charge on any atom is 0.175 e. The number of nitrogens with two attached hydrogens (primary N) is 1. The molecule has 0 bridgehead atoms. The molecule has 0 unspecified atom stereocenters. The van der Waals surface area contributed by atoms with E-state index < -0.39 is 9.84 Å². The molecule has 0 aromatic heterocycles. The monoisotopic (exact) mass is 310 g/mol. The van der Waals surface area contributed by atoms with Gasteiger partial charge in [-0.3, -0.25) is 0 Å². The van der Waals surface area contributed by atoms with Crippen LogP contribution in [0.15, 0.2) is 29.2 Å². The highest BCUT2D eigenvalue weighted by Gasteiger charge is 2.21. The topological polar surface area (TPSA) is 63.4 Å². The molecule has 0 heterocycles. The Labute approximate surface area is 128 Å². The van der Waals surface area contributed by atoms with Gasteiger partial charge in [-0.15, -0.1) is 0 Å². The Morgan fingerprint density at radius 3 is 2.29 bits per heavy atom. The van der Waals surface area contributed by atoms with Crippen molar-refractivity contribution in [2.45, 2.75) is 49.5 Å². The molecule has 1 aromatic carbocycles. The molecule has 0 atom stereocenters. The molecule has 1 saturated carbocycles. The first-order valence-corrected chi connectivity index (χ1v) is 9.68. The second-order valence-electron chi connectivity index (χ2n) is 5.89. The summed E-state index contributed by atoms with van der Waals surface area (Å²) < 4.78 is 23.1. The highest BCUT2D eigenvalue weighted by Crippen LogP contribution is 2.28. The first-order chi connectivity index (χ1) is 10.0. The summed E-state index contributed by atoms with van der Waals surface area (Å²) in [6.07, 6.45) is 8.54. The van der Waals surface area contributed by atoms with Gasteiger partial charge < -0.3 is 10.6 Å². The van der Waals surface area contributed by atoms with Gasteiger partial charge in [0.05, 0.1) is 4.90 Å². The fraction of sp³-hybridized carbons (Fsp3) is 0.625. The van der Waals surface area contributed by atoms with Crippen LogP contribution in [0.2, 0.25) is 0 Å². The molecule has 21 heavy (non-hydrogen) atoms. The van der Waals surface area contributed by atoms with Crippen LogP contribution in [0.25, 0.3) is 0 Å². The van der Waals surface area contributed by atoms with Crippen LogP contribution < -0.4 is 10.6 Å². The SMILES string of the molecule is CS(=O)(=O)c1ccc(N(CCCN)C2CCCCC2)cc1. The fourth-order valence-corrected chi connectivity index (χ4v) is 3.69. The maximum absolute atomic E-state index is 11.6. The highest BCUT2D eigenvalue weighted by molar-refractivity contribution is 7.90. The molecule has 1 aliphatic rings. The molecule has 0 spiro atoms. The van der Waals surface area contributed by atoms with Crippen molar-refractivity contribution in [3.05, 3.63) is 24.3 Å². The third-order valence-electron chi connectivity index (χ3n) is 4.22. The van der Waals surface area contributed by atoms with Crippen molar-refractivity contribution < 1.29 is 8.42 Å². The molecule has 0 amide bonds. The number of hydrogen-bond acceptors (Lipinski definition) is 4. The Bertz CT molecular complexity index is 534. The van der Waals surface area contributed by atoms with Crippen molar-refractivity contribution >= 4 is 15.5 Å². The zero-order valence-electron chi connectivity index (χ0n) is 12.8. The number of benzene rings is 1. The Morgan fingerprint density at radius 2 is 1.76 bits per heavy atom. The van der Waals surface area contributed by atoms with Crippen molar-refractivity contribution in [1.82, 2.24) is 0 Å². The zero-order chi connectivity index (χ0) is 15.3. The molecular weight excluding hydrogens is 284 g/mol. The van der Waals surface area contributed by atoms with Crippen LogP contribution in [-0.2, 0) is 9.84 Å². The Balaban J connectivity index is 2.19. The van der Waals surface area contributed by atoms with Gasteiger partial charge in [-0.25, -0.2) is 8.42 Å². The molecule has 0 radical (unpaired) electrons. The molecular formula is C16H26N2O2S. The minimum atomic E-state index is -3.13. The van der Waals surface area contributed by atoms with E-state index in [-0.39, 0.29) is 0 Å². The number of rotatable bonds is 6. The van der Waals surface area contributed by atoms with E-state index in [0.717, 1.165) is 18.7 Å². The molecule has 4 nitrogen and oxygen atoms in total. The quantitative estimate of drug-likeness (QED) is 0.877. The van der Waals surface area contributed by atoms with Crippen LogP contribution >= 0.6 is 0 Å². The van der Waals surface area contributed by atoms with Gasteiger partial charge in [-0.1, -0.05) is 19.3 Å². The van der Waals surface area contributed by atoms with Gasteiger partial charge in [0.1, 0.15) is 0 Å². The Morgan fingerprint density at radius 1 is 1.14 bits per heavy atom. The average Bonchev–Trinajstić information content (AvgIpc) is 2.48. The normalized spacial score (nSPS) is 16.9. The number of nitrogens with zero attached hydrogens (tertiary/aromatic N) is 1. The van der Waals surface area contributed by atoms with E-state index in [2.05, 4.69) is 4.90 Å². The lowest BCUT2D eigenvalue weighted by Crippen LogP contribution is -2.38. The summed E-state index contributed by atoms with van der Waals surface area (Å²) >= 11 is 0. The van der Waals surface area contributed by atoms with E-state index in [1.54, 1.807) is 12.1 Å². The van der Waals surface area contributed by atoms with E-state index in [1.807, 2.05) is 12.1 Å². The second-order valence-corrected chi connectivity index (χ2v) is 7.91. The average molecular weight is 310 g/mol. The summed E-state index contributed by atoms with van der Waals surface area (Å²) in [6, 6.07) is 7.85. The van der Waals surface area contributed by atoms with Gasteiger partial charge in [0.25, 0.3) is 0 Å². The Hall–Kier alpha value is -1.07. The first kappa shape index (κ1) is 16.3. The molecule has 1 fully saturated rings. The van der Waals surface area contributed by atoms with Gasteiger partial charge in [0, 0.05) is 24.5 Å². The summed E-state index contributed by atoms with van der Waals surface area (Å²) in [4.78, 5) is 2.80. The van der Waals surface area contributed by atoms with Crippen molar-refractivity contribution in [2.24, 2.45) is 5.73 Å². The summed E-state index contributed by atoms with van der Waals surface area (Å²) in [5.74, 6) is 0. The molecule has 0 saturated heterocycles. The lowest BCUT2D eigenvalue weighted by Gasteiger charge is -2.36. The van der Waals surface area contributed by atoms with E-state index in [0.29, 0.717) is 17.5 Å². The zero-order valence-corrected chi connectivity index (χ0v) is 13.6. The minimum Gasteiger partial charge on any atom is -0.369 e. The molecule has 5 heteroatoms. The molecule has 118 valence electrons.